The molecular weight excluding hydrogens is 198 g/mol. The van der Waals surface area contributed by atoms with Crippen LogP contribution in [0.1, 0.15) is 39.5 Å². The third-order valence-corrected chi connectivity index (χ3v) is 5.48. The summed E-state index contributed by atoms with van der Waals surface area (Å²) >= 11 is 0. The van der Waals surface area contributed by atoms with Crippen molar-refractivity contribution in [2.75, 3.05) is 0 Å². The first-order chi connectivity index (χ1) is 6.48. The minimum Gasteiger partial charge on any atom is -0.227 e. The molecular formula is C10H17NO2S. The number of rotatable bonds is 2. The van der Waals surface area contributed by atoms with Gasteiger partial charge in [0, 0.05) is 0 Å². The molecule has 1 aliphatic rings. The Morgan fingerprint density at radius 2 is 2.07 bits per heavy atom. The van der Waals surface area contributed by atoms with Gasteiger partial charge < -0.3 is 0 Å². The van der Waals surface area contributed by atoms with Crippen LogP contribution < -0.4 is 0 Å². The van der Waals surface area contributed by atoms with Crippen LogP contribution in [-0.2, 0) is 9.84 Å². The summed E-state index contributed by atoms with van der Waals surface area (Å²) in [6.07, 6.45) is 3.56. The Balaban J connectivity index is 2.78. The summed E-state index contributed by atoms with van der Waals surface area (Å²) in [5.74, 6) is 0.481. The highest BCUT2D eigenvalue weighted by molar-refractivity contribution is 7.92. The van der Waals surface area contributed by atoms with Crippen LogP contribution in [0.3, 0.4) is 0 Å². The zero-order valence-corrected chi connectivity index (χ0v) is 9.55. The van der Waals surface area contributed by atoms with E-state index in [0.29, 0.717) is 5.92 Å². The van der Waals surface area contributed by atoms with Crippen LogP contribution in [0.15, 0.2) is 0 Å². The summed E-state index contributed by atoms with van der Waals surface area (Å²) in [5, 5.41) is 7.51. The van der Waals surface area contributed by atoms with E-state index in [9.17, 15) is 8.42 Å². The zero-order chi connectivity index (χ0) is 10.8. The lowest BCUT2D eigenvalue weighted by molar-refractivity contribution is 0.381. The summed E-state index contributed by atoms with van der Waals surface area (Å²) in [5.41, 5.74) is 0. The van der Waals surface area contributed by atoms with Crippen LogP contribution in [0.5, 0.6) is 0 Å². The van der Waals surface area contributed by atoms with Gasteiger partial charge in [-0.3, -0.25) is 0 Å². The van der Waals surface area contributed by atoms with E-state index in [1.54, 1.807) is 0 Å². The third kappa shape index (κ3) is 2.27. The van der Waals surface area contributed by atoms with Crippen molar-refractivity contribution in [1.82, 2.24) is 0 Å². The van der Waals surface area contributed by atoms with E-state index in [-0.39, 0.29) is 5.25 Å². The van der Waals surface area contributed by atoms with Crippen molar-refractivity contribution in [3.8, 4) is 6.07 Å². The molecule has 0 aliphatic heterocycles. The molecule has 0 radical (unpaired) electrons. The lowest BCUT2D eigenvalue weighted by Gasteiger charge is -2.27. The van der Waals surface area contributed by atoms with Gasteiger partial charge in [-0.05, 0) is 25.7 Å². The molecule has 80 valence electrons. The van der Waals surface area contributed by atoms with Crippen molar-refractivity contribution < 1.29 is 8.42 Å². The van der Waals surface area contributed by atoms with E-state index >= 15 is 0 Å². The van der Waals surface area contributed by atoms with Crippen LogP contribution in [0.4, 0.5) is 0 Å². The average molecular weight is 215 g/mol. The standard InChI is InChI=1S/C10H17NO2S/c1-8-4-3-5-10(6-8)14(12,13)9(2)7-11/h8-10H,3-6H2,1-2H3. The smallest absolute Gasteiger partial charge is 0.169 e. The molecule has 0 spiro atoms. The van der Waals surface area contributed by atoms with Gasteiger partial charge in [-0.1, -0.05) is 19.8 Å². The fraction of sp³-hybridized carbons (Fsp3) is 0.900. The fourth-order valence-electron chi connectivity index (χ4n) is 2.04. The molecule has 1 fully saturated rings. The van der Waals surface area contributed by atoms with E-state index in [2.05, 4.69) is 6.92 Å². The van der Waals surface area contributed by atoms with E-state index in [1.165, 1.54) is 6.92 Å². The van der Waals surface area contributed by atoms with Gasteiger partial charge >= 0.3 is 0 Å². The minimum absolute atomic E-state index is 0.277. The normalized spacial score (nSPS) is 30.6. The van der Waals surface area contributed by atoms with Crippen LogP contribution in [0, 0.1) is 17.2 Å². The first-order valence-electron chi connectivity index (χ1n) is 5.10. The molecule has 4 heteroatoms. The van der Waals surface area contributed by atoms with Crippen LogP contribution in [-0.4, -0.2) is 18.9 Å². The molecule has 0 bridgehead atoms. The van der Waals surface area contributed by atoms with Crippen molar-refractivity contribution in [3.05, 3.63) is 0 Å². The molecule has 0 aromatic heterocycles. The Kier molecular flexibility index (Phi) is 3.54. The molecule has 3 unspecified atom stereocenters. The summed E-state index contributed by atoms with van der Waals surface area (Å²) < 4.78 is 23.7. The number of hydrogen-bond donors (Lipinski definition) is 0. The fourth-order valence-corrected chi connectivity index (χ4v) is 3.86. The Bertz CT molecular complexity index is 329. The van der Waals surface area contributed by atoms with Gasteiger partial charge in [-0.2, -0.15) is 5.26 Å². The highest BCUT2D eigenvalue weighted by atomic mass is 32.2. The number of nitriles is 1. The maximum Gasteiger partial charge on any atom is 0.169 e. The number of hydrogen-bond acceptors (Lipinski definition) is 3. The van der Waals surface area contributed by atoms with Crippen molar-refractivity contribution in [3.63, 3.8) is 0 Å². The van der Waals surface area contributed by atoms with Crippen LogP contribution >= 0.6 is 0 Å². The average Bonchev–Trinajstić information content (AvgIpc) is 2.16. The maximum atomic E-state index is 11.8. The number of sulfone groups is 1. The van der Waals surface area contributed by atoms with Crippen LogP contribution in [0.2, 0.25) is 0 Å². The highest BCUT2D eigenvalue weighted by Crippen LogP contribution is 2.29. The molecule has 0 aromatic carbocycles. The van der Waals surface area contributed by atoms with Crippen LogP contribution in [0.25, 0.3) is 0 Å². The number of nitrogens with zero attached hydrogens (tertiary/aromatic N) is 1. The van der Waals surface area contributed by atoms with Gasteiger partial charge in [0.05, 0.1) is 11.3 Å². The highest BCUT2D eigenvalue weighted by Gasteiger charge is 2.34. The van der Waals surface area contributed by atoms with Gasteiger partial charge in [-0.15, -0.1) is 0 Å². The molecule has 1 aliphatic carbocycles. The second-order valence-corrected chi connectivity index (χ2v) is 6.81. The van der Waals surface area contributed by atoms with Gasteiger partial charge in [0.25, 0.3) is 0 Å². The Morgan fingerprint density at radius 3 is 2.57 bits per heavy atom. The SMILES string of the molecule is CC1CCCC(S(=O)(=O)C(C)C#N)C1. The van der Waals surface area contributed by atoms with Gasteiger partial charge in [0.1, 0.15) is 5.25 Å². The molecule has 1 rings (SSSR count). The first-order valence-corrected chi connectivity index (χ1v) is 6.71. The topological polar surface area (TPSA) is 57.9 Å². The molecule has 3 atom stereocenters. The lowest BCUT2D eigenvalue weighted by Crippen LogP contribution is -2.33. The largest absolute Gasteiger partial charge is 0.227 e. The van der Waals surface area contributed by atoms with Crippen molar-refractivity contribution in [2.24, 2.45) is 5.92 Å². The summed E-state index contributed by atoms with van der Waals surface area (Å²) in [6, 6.07) is 1.83. The van der Waals surface area contributed by atoms with E-state index in [0.717, 1.165) is 25.7 Å². The molecule has 0 heterocycles. The summed E-state index contributed by atoms with van der Waals surface area (Å²) in [7, 11) is -3.21. The molecule has 0 amide bonds. The van der Waals surface area contributed by atoms with Gasteiger partial charge in [-0.25, -0.2) is 8.42 Å². The monoisotopic (exact) mass is 215 g/mol. The second kappa shape index (κ2) is 4.31. The quantitative estimate of drug-likeness (QED) is 0.706. The predicted molar refractivity (Wildman–Crippen MR) is 55.4 cm³/mol. The van der Waals surface area contributed by atoms with E-state index in [4.69, 9.17) is 5.26 Å². The van der Waals surface area contributed by atoms with E-state index < -0.39 is 15.1 Å². The molecule has 0 saturated heterocycles. The maximum absolute atomic E-state index is 11.8. The molecule has 14 heavy (non-hydrogen) atoms. The molecule has 1 saturated carbocycles. The molecule has 0 N–H and O–H groups in total. The lowest BCUT2D eigenvalue weighted by atomic mass is 9.91. The Hall–Kier alpha value is -0.560. The second-order valence-electron chi connectivity index (χ2n) is 4.25. The Labute approximate surface area is 86.0 Å². The molecule has 3 nitrogen and oxygen atoms in total. The van der Waals surface area contributed by atoms with Crippen molar-refractivity contribution in [1.29, 1.82) is 5.26 Å². The first kappa shape index (κ1) is 11.5. The molecule has 0 aromatic rings. The summed E-state index contributed by atoms with van der Waals surface area (Å²) in [6.45, 7) is 3.56. The van der Waals surface area contributed by atoms with Crippen molar-refractivity contribution >= 4 is 9.84 Å². The minimum atomic E-state index is -3.21. The predicted octanol–water partition coefficient (Wildman–Crippen LogP) is 1.89. The van der Waals surface area contributed by atoms with E-state index in [1.807, 2.05) is 6.07 Å². The third-order valence-electron chi connectivity index (χ3n) is 3.03. The zero-order valence-electron chi connectivity index (χ0n) is 8.73. The summed E-state index contributed by atoms with van der Waals surface area (Å²) in [4.78, 5) is 0. The van der Waals surface area contributed by atoms with Gasteiger partial charge in [0.15, 0.2) is 9.84 Å². The Morgan fingerprint density at radius 1 is 1.43 bits per heavy atom. The van der Waals surface area contributed by atoms with Crippen molar-refractivity contribution in [2.45, 2.75) is 50.0 Å². The van der Waals surface area contributed by atoms with Gasteiger partial charge in [0.2, 0.25) is 0 Å².